The smallest absolute Gasteiger partial charge is 0.265 e. The van der Waals surface area contributed by atoms with Gasteiger partial charge in [0.15, 0.2) is 17.1 Å². The molecule has 0 fully saturated rings. The van der Waals surface area contributed by atoms with E-state index in [4.69, 9.17) is 15.0 Å². The molecule has 1 aromatic heterocycles. The zero-order valence-electron chi connectivity index (χ0n) is 23.0. The predicted molar refractivity (Wildman–Crippen MR) is 152 cm³/mol. The first-order valence-corrected chi connectivity index (χ1v) is 13.7. The molecule has 214 valence electrons. The second kappa shape index (κ2) is 9.17. The number of anilines is 1. The summed E-state index contributed by atoms with van der Waals surface area (Å²) in [4.78, 5) is 29.9. The Balaban J connectivity index is 1.36. The molecule has 42 heavy (non-hydrogen) atoms. The van der Waals surface area contributed by atoms with Crippen LogP contribution >= 0.6 is 0 Å². The number of carbonyl (C=O) groups is 2. The molecule has 7 rings (SSSR count). The number of fused-ring (bicyclic) bond motifs is 5. The molecule has 3 aliphatic carbocycles. The van der Waals surface area contributed by atoms with Crippen LogP contribution in [0, 0.1) is 11.8 Å². The standard InChI is InChI=1S/C32H29N3O7/c1-35(2)25-20-13-17-11-16-12-19-18(9-6-10-21(19)33)26(36)22(16)27(37)23(17)29(38)32(20,40)30(39)24-28(25)42-34-31(24)41-14-15-7-4-3-5-8-15/h3-10,12,17,20,25,36,38,40H,11,13-14,33H2,1-2H3/t17-,20-,25-,32-/m0/s1. The van der Waals surface area contributed by atoms with Crippen molar-refractivity contribution < 1.29 is 34.2 Å². The number of allylic oxidation sites excluding steroid dienone is 1. The quantitative estimate of drug-likeness (QED) is 0.264. The van der Waals surface area contributed by atoms with E-state index in [0.29, 0.717) is 28.4 Å². The van der Waals surface area contributed by atoms with Crippen molar-refractivity contribution in [1.29, 1.82) is 0 Å². The Labute approximate surface area is 240 Å². The summed E-state index contributed by atoms with van der Waals surface area (Å²) in [6.45, 7) is 0.101. The van der Waals surface area contributed by atoms with Crippen LogP contribution in [-0.4, -0.2) is 56.6 Å². The lowest BCUT2D eigenvalue weighted by Crippen LogP contribution is -2.59. The van der Waals surface area contributed by atoms with Gasteiger partial charge in [0.2, 0.25) is 5.78 Å². The SMILES string of the molecule is CN(C)[C@@H]1c2onc(OCc3ccccc3)c2C(=O)[C@@]2(O)C(O)=C3C(=O)c4c(cc5c(N)cccc5c4O)C[C@H]3C[C@@H]12. The van der Waals surface area contributed by atoms with Gasteiger partial charge in [-0.05, 0) is 61.3 Å². The number of ether oxygens (including phenoxy) is 1. The number of carbonyl (C=O) groups excluding carboxylic acids is 2. The van der Waals surface area contributed by atoms with Gasteiger partial charge in [-0.15, -0.1) is 0 Å². The van der Waals surface area contributed by atoms with E-state index in [9.17, 15) is 24.9 Å². The van der Waals surface area contributed by atoms with Crippen molar-refractivity contribution in [1.82, 2.24) is 10.1 Å². The van der Waals surface area contributed by atoms with Crippen LogP contribution in [0.5, 0.6) is 11.6 Å². The number of aromatic hydroxyl groups is 1. The van der Waals surface area contributed by atoms with Gasteiger partial charge in [-0.3, -0.25) is 14.5 Å². The zero-order valence-corrected chi connectivity index (χ0v) is 23.0. The lowest BCUT2D eigenvalue weighted by molar-refractivity contribution is -0.0559. The Hall–Kier alpha value is -4.67. The second-order valence-corrected chi connectivity index (χ2v) is 11.5. The van der Waals surface area contributed by atoms with Gasteiger partial charge in [0.05, 0.1) is 11.6 Å². The van der Waals surface area contributed by atoms with E-state index in [1.165, 1.54) is 0 Å². The molecule has 5 N–H and O–H groups in total. The summed E-state index contributed by atoms with van der Waals surface area (Å²) < 4.78 is 11.5. The van der Waals surface area contributed by atoms with Crippen molar-refractivity contribution in [3.63, 3.8) is 0 Å². The normalized spacial score (nSPS) is 24.8. The first kappa shape index (κ1) is 26.2. The second-order valence-electron chi connectivity index (χ2n) is 11.5. The van der Waals surface area contributed by atoms with Crippen LogP contribution in [0.4, 0.5) is 5.69 Å². The first-order valence-electron chi connectivity index (χ1n) is 13.7. The fourth-order valence-corrected chi connectivity index (χ4v) is 7.07. The Morgan fingerprint density at radius 2 is 1.83 bits per heavy atom. The van der Waals surface area contributed by atoms with Gasteiger partial charge in [0.1, 0.15) is 23.7 Å². The van der Waals surface area contributed by atoms with Gasteiger partial charge in [-0.25, -0.2) is 0 Å². The zero-order chi connectivity index (χ0) is 29.5. The van der Waals surface area contributed by atoms with Crippen LogP contribution in [0.25, 0.3) is 10.8 Å². The summed E-state index contributed by atoms with van der Waals surface area (Å²) >= 11 is 0. The first-order chi connectivity index (χ1) is 20.1. The number of nitrogens with zero attached hydrogens (tertiary/aromatic N) is 2. The van der Waals surface area contributed by atoms with Crippen LogP contribution < -0.4 is 10.5 Å². The number of Topliss-reactive ketones (excluding diaryl/α,β-unsaturated/α-hetero) is 2. The molecule has 3 aliphatic rings. The summed E-state index contributed by atoms with van der Waals surface area (Å²) in [5.41, 5.74) is 5.53. The number of aliphatic hydroxyl groups excluding tert-OH is 1. The molecular formula is C32H29N3O7. The van der Waals surface area contributed by atoms with E-state index < -0.39 is 40.8 Å². The summed E-state index contributed by atoms with van der Waals surface area (Å²) in [6.07, 6.45) is 0.493. The Morgan fingerprint density at radius 3 is 2.57 bits per heavy atom. The lowest BCUT2D eigenvalue weighted by atomic mass is 9.58. The Bertz CT molecular complexity index is 1830. The maximum Gasteiger partial charge on any atom is 0.265 e. The average molecular weight is 568 g/mol. The number of aliphatic hydroxyl groups is 2. The number of nitrogens with two attached hydrogens (primary N) is 1. The van der Waals surface area contributed by atoms with Gasteiger partial charge in [0.25, 0.3) is 5.88 Å². The van der Waals surface area contributed by atoms with E-state index >= 15 is 0 Å². The van der Waals surface area contributed by atoms with Crippen molar-refractivity contribution in [3.05, 3.63) is 93.9 Å². The molecular weight excluding hydrogens is 538 g/mol. The molecule has 10 heteroatoms. The van der Waals surface area contributed by atoms with Crippen LogP contribution in [-0.2, 0) is 13.0 Å². The number of hydrogen-bond acceptors (Lipinski definition) is 10. The van der Waals surface area contributed by atoms with Gasteiger partial charge in [-0.1, -0.05) is 42.5 Å². The molecule has 0 aliphatic heterocycles. The highest BCUT2D eigenvalue weighted by Gasteiger charge is 2.63. The van der Waals surface area contributed by atoms with Crippen LogP contribution in [0.2, 0.25) is 0 Å². The van der Waals surface area contributed by atoms with Crippen molar-refractivity contribution in [2.45, 2.75) is 31.1 Å². The van der Waals surface area contributed by atoms with Crippen LogP contribution in [0.15, 0.2) is 70.5 Å². The van der Waals surface area contributed by atoms with Crippen LogP contribution in [0.3, 0.4) is 0 Å². The lowest BCUT2D eigenvalue weighted by Gasteiger charge is -2.49. The molecule has 4 aromatic rings. The van der Waals surface area contributed by atoms with E-state index in [-0.39, 0.29) is 47.1 Å². The van der Waals surface area contributed by atoms with Gasteiger partial charge < -0.3 is 30.3 Å². The fourth-order valence-electron chi connectivity index (χ4n) is 7.07. The predicted octanol–water partition coefficient (Wildman–Crippen LogP) is 4.11. The summed E-state index contributed by atoms with van der Waals surface area (Å²) in [5.74, 6) is -3.66. The number of phenolic OH excluding ortho intramolecular Hbond substituents is 1. The highest BCUT2D eigenvalue weighted by Crippen LogP contribution is 2.56. The Morgan fingerprint density at radius 1 is 1.07 bits per heavy atom. The Kier molecular flexibility index (Phi) is 5.73. The molecule has 1 heterocycles. The molecule has 0 amide bonds. The van der Waals surface area contributed by atoms with E-state index in [1.54, 1.807) is 43.3 Å². The number of benzene rings is 3. The molecule has 3 aromatic carbocycles. The van der Waals surface area contributed by atoms with Crippen molar-refractivity contribution in [2.75, 3.05) is 19.8 Å². The van der Waals surface area contributed by atoms with Crippen molar-refractivity contribution >= 4 is 28.0 Å². The average Bonchev–Trinajstić information content (AvgIpc) is 3.38. The van der Waals surface area contributed by atoms with E-state index in [0.717, 1.165) is 5.56 Å². The minimum atomic E-state index is -2.44. The summed E-state index contributed by atoms with van der Waals surface area (Å²) in [7, 11) is 3.56. The molecule has 0 radical (unpaired) electrons. The number of nitrogen functional groups attached to an aromatic ring is 1. The van der Waals surface area contributed by atoms with Gasteiger partial charge in [0, 0.05) is 28.0 Å². The van der Waals surface area contributed by atoms with Crippen molar-refractivity contribution in [3.8, 4) is 11.6 Å². The molecule has 0 saturated carbocycles. The number of hydrogen-bond donors (Lipinski definition) is 4. The topological polar surface area (TPSA) is 159 Å². The maximum absolute atomic E-state index is 14.1. The monoisotopic (exact) mass is 567 g/mol. The number of ketones is 2. The van der Waals surface area contributed by atoms with Gasteiger partial charge >= 0.3 is 0 Å². The third-order valence-electron chi connectivity index (χ3n) is 8.99. The number of phenols is 1. The molecule has 4 atom stereocenters. The summed E-state index contributed by atoms with van der Waals surface area (Å²) in [6, 6.07) is 15.5. The van der Waals surface area contributed by atoms with E-state index in [1.807, 2.05) is 30.3 Å². The fraction of sp³-hybridized carbons (Fsp3) is 0.281. The van der Waals surface area contributed by atoms with Crippen LogP contribution in [0.1, 0.15) is 50.1 Å². The minimum Gasteiger partial charge on any atom is -0.508 e. The summed E-state index contributed by atoms with van der Waals surface area (Å²) in [5, 5.41) is 40.1. The molecule has 0 unspecified atom stereocenters. The van der Waals surface area contributed by atoms with Crippen molar-refractivity contribution in [2.24, 2.45) is 11.8 Å². The molecule has 0 bridgehead atoms. The number of aromatic nitrogens is 1. The molecule has 0 spiro atoms. The third-order valence-corrected chi connectivity index (χ3v) is 8.99. The molecule has 10 nitrogen and oxygen atoms in total. The third kappa shape index (κ3) is 3.48. The number of rotatable bonds is 4. The van der Waals surface area contributed by atoms with Gasteiger partial charge in [-0.2, -0.15) is 0 Å². The largest absolute Gasteiger partial charge is 0.508 e. The maximum atomic E-state index is 14.1. The van der Waals surface area contributed by atoms with E-state index in [2.05, 4.69) is 5.16 Å². The minimum absolute atomic E-state index is 0.0397. The highest BCUT2D eigenvalue weighted by molar-refractivity contribution is 6.18. The highest BCUT2D eigenvalue weighted by atomic mass is 16.5. The molecule has 0 saturated heterocycles.